The second-order valence-electron chi connectivity index (χ2n) is 6.44. The maximum absolute atomic E-state index is 13.7. The van der Waals surface area contributed by atoms with Gasteiger partial charge in [0.1, 0.15) is 11.6 Å². The highest BCUT2D eigenvalue weighted by Gasteiger charge is 2.35. The first kappa shape index (κ1) is 15.4. The predicted octanol–water partition coefficient (Wildman–Crippen LogP) is 3.22. The van der Waals surface area contributed by atoms with Crippen molar-refractivity contribution in [3.05, 3.63) is 29.8 Å². The number of benzene rings is 1. The highest BCUT2D eigenvalue weighted by atomic mass is 19.1. The van der Waals surface area contributed by atoms with E-state index in [4.69, 9.17) is 0 Å². The molecule has 1 unspecified atom stereocenters. The van der Waals surface area contributed by atoms with Crippen LogP contribution in [-0.4, -0.2) is 18.0 Å². The third kappa shape index (κ3) is 3.56. The molecule has 1 aromatic rings. The Hall–Kier alpha value is -1.98. The molecule has 0 aromatic heterocycles. The molecule has 1 saturated heterocycles. The Morgan fingerprint density at radius 2 is 1.95 bits per heavy atom. The average Bonchev–Trinajstić information content (AvgIpc) is 2.28. The monoisotopic (exact) mass is 296 g/mol. The third-order valence-electron chi connectivity index (χ3n) is 3.21. The Morgan fingerprint density at radius 1 is 1.29 bits per heavy atom. The van der Waals surface area contributed by atoms with E-state index in [1.807, 2.05) is 20.8 Å². The van der Waals surface area contributed by atoms with Gasteiger partial charge in [0.05, 0.1) is 5.69 Å². The second kappa shape index (κ2) is 5.42. The molecule has 1 aromatic carbocycles. The number of carbonyl (C=O) groups is 2. The van der Waals surface area contributed by atoms with Crippen LogP contribution in [0.15, 0.2) is 18.2 Å². The fraction of sp³-hybridized carbons (Fsp3) is 0.467. The largest absolute Gasteiger partial charge is 0.334 e. The summed E-state index contributed by atoms with van der Waals surface area (Å²) in [5.74, 6) is -2.18. The van der Waals surface area contributed by atoms with Crippen LogP contribution in [0.25, 0.3) is 0 Å². The number of nitrogens with zero attached hydrogens (tertiary/aromatic N) is 1. The van der Waals surface area contributed by atoms with Crippen molar-refractivity contribution in [2.24, 2.45) is 5.41 Å². The highest BCUT2D eigenvalue weighted by molar-refractivity contribution is 6.16. The molecule has 1 aliphatic rings. The van der Waals surface area contributed by atoms with E-state index < -0.39 is 23.6 Å². The summed E-state index contributed by atoms with van der Waals surface area (Å²) < 4.78 is 26.6. The lowest BCUT2D eigenvalue weighted by Crippen LogP contribution is -2.56. The van der Waals surface area contributed by atoms with Gasteiger partial charge in [-0.3, -0.25) is 4.79 Å². The second-order valence-corrected chi connectivity index (χ2v) is 6.44. The number of halogens is 2. The highest BCUT2D eigenvalue weighted by Crippen LogP contribution is 2.28. The molecule has 1 atom stereocenters. The fourth-order valence-electron chi connectivity index (χ4n) is 2.47. The van der Waals surface area contributed by atoms with Crippen molar-refractivity contribution in [1.82, 2.24) is 5.32 Å². The smallest absolute Gasteiger partial charge is 0.329 e. The van der Waals surface area contributed by atoms with Crippen LogP contribution in [0, 0.1) is 17.0 Å². The van der Waals surface area contributed by atoms with E-state index in [2.05, 4.69) is 5.32 Å². The maximum atomic E-state index is 13.7. The summed E-state index contributed by atoms with van der Waals surface area (Å²) in [4.78, 5) is 24.9. The lowest BCUT2D eigenvalue weighted by molar-refractivity contribution is -0.119. The first-order valence-corrected chi connectivity index (χ1v) is 6.76. The Balaban J connectivity index is 2.21. The normalized spacial score (nSPS) is 19.7. The molecule has 0 radical (unpaired) electrons. The van der Waals surface area contributed by atoms with Crippen LogP contribution in [0.1, 0.15) is 33.6 Å². The van der Waals surface area contributed by atoms with Gasteiger partial charge in [0, 0.05) is 18.5 Å². The van der Waals surface area contributed by atoms with Crippen molar-refractivity contribution in [3.8, 4) is 0 Å². The summed E-state index contributed by atoms with van der Waals surface area (Å²) in [5, 5.41) is 2.70. The molecule has 2 rings (SSSR count). The number of hydrogen-bond acceptors (Lipinski definition) is 2. The number of imide groups is 1. The molecule has 21 heavy (non-hydrogen) atoms. The van der Waals surface area contributed by atoms with Crippen LogP contribution in [0.2, 0.25) is 0 Å². The lowest BCUT2D eigenvalue weighted by atomic mass is 9.86. The minimum Gasteiger partial charge on any atom is -0.334 e. The number of rotatable bonds is 2. The minimum absolute atomic E-state index is 0.0402. The molecule has 1 heterocycles. The van der Waals surface area contributed by atoms with E-state index in [0.29, 0.717) is 12.5 Å². The van der Waals surface area contributed by atoms with Crippen LogP contribution in [0.3, 0.4) is 0 Å². The maximum Gasteiger partial charge on any atom is 0.329 e. The van der Waals surface area contributed by atoms with Crippen LogP contribution in [0.5, 0.6) is 0 Å². The first-order chi connectivity index (χ1) is 9.67. The van der Waals surface area contributed by atoms with Crippen LogP contribution < -0.4 is 10.2 Å². The molecule has 6 heteroatoms. The lowest BCUT2D eigenvalue weighted by Gasteiger charge is -2.34. The minimum atomic E-state index is -0.937. The van der Waals surface area contributed by atoms with E-state index in [9.17, 15) is 18.4 Å². The Labute approximate surface area is 122 Å². The molecule has 1 N–H and O–H groups in total. The summed E-state index contributed by atoms with van der Waals surface area (Å²) in [5.41, 5.74) is -0.269. The molecule has 1 fully saturated rings. The van der Waals surface area contributed by atoms with Crippen LogP contribution in [0.4, 0.5) is 19.3 Å². The number of carbonyl (C=O) groups excluding carboxylic acids is 2. The standard InChI is InChI=1S/C15H18F2N2O2/c1-15(2,3)8-10-7-13(20)19(14(21)18-10)12-5-4-9(16)6-11(12)17/h4-6,10H,7-8H2,1-3H3,(H,18,21). The molecule has 0 aliphatic carbocycles. The zero-order valence-electron chi connectivity index (χ0n) is 12.2. The number of urea groups is 1. The topological polar surface area (TPSA) is 49.4 Å². The average molecular weight is 296 g/mol. The van der Waals surface area contributed by atoms with Crippen molar-refractivity contribution in [2.45, 2.75) is 39.7 Å². The zero-order valence-corrected chi connectivity index (χ0v) is 12.2. The predicted molar refractivity (Wildman–Crippen MR) is 74.9 cm³/mol. The number of anilines is 1. The molecular formula is C15H18F2N2O2. The van der Waals surface area contributed by atoms with E-state index in [-0.39, 0.29) is 23.6 Å². The number of hydrogen-bond donors (Lipinski definition) is 1. The van der Waals surface area contributed by atoms with Gasteiger partial charge >= 0.3 is 6.03 Å². The van der Waals surface area contributed by atoms with Gasteiger partial charge < -0.3 is 5.32 Å². The van der Waals surface area contributed by atoms with Crippen molar-refractivity contribution in [2.75, 3.05) is 4.90 Å². The van der Waals surface area contributed by atoms with Gasteiger partial charge in [0.25, 0.3) is 0 Å². The SMILES string of the molecule is CC(C)(C)CC1CC(=O)N(c2ccc(F)cc2F)C(=O)N1. The molecule has 3 amide bonds. The third-order valence-corrected chi connectivity index (χ3v) is 3.21. The summed E-state index contributed by atoms with van der Waals surface area (Å²) in [6, 6.07) is 1.81. The molecule has 0 spiro atoms. The Bertz CT molecular complexity index is 564. The fourth-order valence-corrected chi connectivity index (χ4v) is 2.47. The van der Waals surface area contributed by atoms with Crippen molar-refractivity contribution >= 4 is 17.6 Å². The Kier molecular flexibility index (Phi) is 3.98. The Morgan fingerprint density at radius 3 is 2.48 bits per heavy atom. The van der Waals surface area contributed by atoms with Gasteiger partial charge in [-0.25, -0.2) is 18.5 Å². The number of nitrogens with one attached hydrogen (secondary N) is 1. The number of amides is 3. The van der Waals surface area contributed by atoms with E-state index in [0.717, 1.165) is 17.0 Å². The zero-order chi connectivity index (χ0) is 15.8. The van der Waals surface area contributed by atoms with Crippen molar-refractivity contribution in [1.29, 1.82) is 0 Å². The van der Waals surface area contributed by atoms with Gasteiger partial charge in [-0.2, -0.15) is 0 Å². The van der Waals surface area contributed by atoms with Gasteiger partial charge in [-0.1, -0.05) is 20.8 Å². The molecule has 114 valence electrons. The van der Waals surface area contributed by atoms with Gasteiger partial charge in [0.15, 0.2) is 0 Å². The first-order valence-electron chi connectivity index (χ1n) is 6.76. The van der Waals surface area contributed by atoms with Crippen LogP contribution in [-0.2, 0) is 4.79 Å². The van der Waals surface area contributed by atoms with E-state index in [1.165, 1.54) is 0 Å². The van der Waals surface area contributed by atoms with E-state index in [1.54, 1.807) is 0 Å². The summed E-state index contributed by atoms with van der Waals surface area (Å²) in [6.07, 6.45) is 0.740. The quantitative estimate of drug-likeness (QED) is 0.911. The molecule has 0 saturated carbocycles. The summed E-state index contributed by atoms with van der Waals surface area (Å²) in [7, 11) is 0. The van der Waals surface area contributed by atoms with Crippen LogP contribution >= 0.6 is 0 Å². The van der Waals surface area contributed by atoms with Gasteiger partial charge in [-0.15, -0.1) is 0 Å². The summed E-state index contributed by atoms with van der Waals surface area (Å²) >= 11 is 0. The molecular weight excluding hydrogens is 278 g/mol. The van der Waals surface area contributed by atoms with Gasteiger partial charge in [-0.05, 0) is 24.0 Å². The van der Waals surface area contributed by atoms with Crippen molar-refractivity contribution < 1.29 is 18.4 Å². The van der Waals surface area contributed by atoms with E-state index >= 15 is 0 Å². The molecule has 1 aliphatic heterocycles. The molecule has 4 nitrogen and oxygen atoms in total. The molecule has 0 bridgehead atoms. The van der Waals surface area contributed by atoms with Crippen molar-refractivity contribution in [3.63, 3.8) is 0 Å². The summed E-state index contributed by atoms with van der Waals surface area (Å²) in [6.45, 7) is 6.03. The van der Waals surface area contributed by atoms with Gasteiger partial charge in [0.2, 0.25) is 5.91 Å².